The Balaban J connectivity index is 0.906. The van der Waals surface area contributed by atoms with Crippen molar-refractivity contribution in [1.82, 2.24) is 0 Å². The summed E-state index contributed by atoms with van der Waals surface area (Å²) in [5.74, 6) is 0. The molecule has 0 saturated carbocycles. The molecule has 4 aliphatic rings. The third-order valence-electron chi connectivity index (χ3n) is 18.7. The molecule has 0 spiro atoms. The number of benzene rings is 14. The van der Waals surface area contributed by atoms with E-state index in [-0.39, 0.29) is 13.4 Å². The summed E-state index contributed by atoms with van der Waals surface area (Å²) < 4.78 is 0. The van der Waals surface area contributed by atoms with E-state index in [1.165, 1.54) is 80.5 Å². The fraction of sp³-hybridized carbons (Fsp3) is 0. The average molecular weight is 1210 g/mol. The fourth-order valence-corrected chi connectivity index (χ4v) is 17.2. The summed E-state index contributed by atoms with van der Waals surface area (Å²) in [6.45, 7) is -0.151. The fourth-order valence-electron chi connectivity index (χ4n) is 14.8. The van der Waals surface area contributed by atoms with Crippen molar-refractivity contribution in [1.29, 1.82) is 0 Å². The van der Waals surface area contributed by atoms with Crippen LogP contribution < -0.4 is 52.4 Å². The maximum atomic E-state index is 2.64. The van der Waals surface area contributed by atoms with Gasteiger partial charge in [0.25, 0.3) is 0 Å². The normalized spacial score (nSPS) is 12.8. The predicted octanol–water partition coefficient (Wildman–Crippen LogP) is 19.2. The van der Waals surface area contributed by atoms with Crippen molar-refractivity contribution in [3.05, 3.63) is 340 Å². The van der Waals surface area contributed by atoms with Gasteiger partial charge < -0.3 is 19.6 Å². The van der Waals surface area contributed by atoms with Crippen LogP contribution in [0.3, 0.4) is 0 Å². The first-order valence-electron chi connectivity index (χ1n) is 31.5. The van der Waals surface area contributed by atoms with Crippen LogP contribution in [-0.2, 0) is 0 Å². The Morgan fingerprint density at radius 1 is 0.239 bits per heavy atom. The maximum Gasteiger partial charge on any atom is 0.249 e. The summed E-state index contributed by atoms with van der Waals surface area (Å²) >= 11 is 3.82. The second-order valence-corrected chi connectivity index (χ2v) is 26.1. The van der Waals surface area contributed by atoms with E-state index < -0.39 is 0 Å². The van der Waals surface area contributed by atoms with Gasteiger partial charge in [-0.25, -0.2) is 0 Å². The first kappa shape index (κ1) is 54.1. The topological polar surface area (TPSA) is 13.0 Å². The Hall–Kier alpha value is -10.9. The van der Waals surface area contributed by atoms with Crippen molar-refractivity contribution in [3.63, 3.8) is 0 Å². The molecule has 0 fully saturated rings. The van der Waals surface area contributed by atoms with Crippen molar-refractivity contribution in [2.24, 2.45) is 0 Å². The van der Waals surface area contributed by atoms with Crippen LogP contribution in [0.4, 0.5) is 68.2 Å². The van der Waals surface area contributed by atoms with Crippen LogP contribution in [-0.4, -0.2) is 13.4 Å². The van der Waals surface area contributed by atoms with Crippen LogP contribution in [0.1, 0.15) is 0 Å². The number of fused-ring (bicyclic) bond motifs is 8. The van der Waals surface area contributed by atoms with Crippen LogP contribution in [0.2, 0.25) is 0 Å². The second kappa shape index (κ2) is 22.5. The van der Waals surface area contributed by atoms with Crippen LogP contribution in [0.15, 0.2) is 359 Å². The molecule has 0 bridgehead atoms. The number of nitrogens with zero attached hydrogens (tertiary/aromatic N) is 4. The first-order chi connectivity index (χ1) is 45.7. The lowest BCUT2D eigenvalue weighted by Crippen LogP contribution is -2.64. The van der Waals surface area contributed by atoms with Gasteiger partial charge in [0.05, 0.1) is 11.4 Å². The van der Waals surface area contributed by atoms with Crippen molar-refractivity contribution < 1.29 is 0 Å². The Morgan fingerprint density at radius 2 is 0.696 bits per heavy atom. The minimum Gasteiger partial charge on any atom is -0.311 e. The minimum absolute atomic E-state index is 0.0679. The van der Waals surface area contributed by atoms with Crippen LogP contribution >= 0.6 is 23.5 Å². The monoisotopic (exact) mass is 1210 g/mol. The summed E-state index contributed by atoms with van der Waals surface area (Å²) in [6.07, 6.45) is 0. The average Bonchev–Trinajstić information content (AvgIpc) is 0.697. The summed E-state index contributed by atoms with van der Waals surface area (Å²) in [5, 5.41) is 0. The van der Waals surface area contributed by atoms with Gasteiger partial charge in [0.1, 0.15) is 0 Å². The highest BCUT2D eigenvalue weighted by Crippen LogP contribution is 2.52. The smallest absolute Gasteiger partial charge is 0.249 e. The summed E-state index contributed by atoms with van der Waals surface area (Å²) in [7, 11) is 0. The highest BCUT2D eigenvalue weighted by atomic mass is 32.2. The number of hydrogen-bond donors (Lipinski definition) is 0. The first-order valence-corrected chi connectivity index (χ1v) is 33.2. The lowest BCUT2D eigenvalue weighted by atomic mass is 9.31. The van der Waals surface area contributed by atoms with Gasteiger partial charge >= 0.3 is 0 Å². The van der Waals surface area contributed by atoms with Gasteiger partial charge in [-0.3, -0.25) is 0 Å². The Kier molecular flexibility index (Phi) is 13.3. The molecule has 14 aromatic carbocycles. The van der Waals surface area contributed by atoms with Crippen LogP contribution in [0.5, 0.6) is 0 Å². The number of hydrogen-bond acceptors (Lipinski definition) is 6. The van der Waals surface area contributed by atoms with Gasteiger partial charge in [-0.2, -0.15) is 0 Å². The van der Waals surface area contributed by atoms with E-state index in [1.807, 2.05) is 23.5 Å². The predicted molar refractivity (Wildman–Crippen MR) is 392 cm³/mol. The lowest BCUT2D eigenvalue weighted by molar-refractivity contribution is 1.22. The lowest BCUT2D eigenvalue weighted by Gasteiger charge is -2.44. The molecule has 4 aliphatic heterocycles. The third kappa shape index (κ3) is 9.04. The van der Waals surface area contributed by atoms with Gasteiger partial charge in [-0.15, -0.1) is 0 Å². The molecule has 18 rings (SSSR count). The molecule has 92 heavy (non-hydrogen) atoms. The highest BCUT2D eigenvalue weighted by molar-refractivity contribution is 8.00. The van der Waals surface area contributed by atoms with Gasteiger partial charge in [-0.1, -0.05) is 271 Å². The summed E-state index contributed by atoms with van der Waals surface area (Å²) in [6, 6.07) is 126. The van der Waals surface area contributed by atoms with Gasteiger partial charge in [0, 0.05) is 87.6 Å². The van der Waals surface area contributed by atoms with Crippen LogP contribution in [0, 0.1) is 0 Å². The van der Waals surface area contributed by atoms with Crippen molar-refractivity contribution in [2.45, 2.75) is 19.6 Å². The molecule has 0 aliphatic carbocycles. The molecule has 0 amide bonds. The van der Waals surface area contributed by atoms with Gasteiger partial charge in [0.15, 0.2) is 0 Å². The zero-order valence-corrected chi connectivity index (χ0v) is 51.7. The van der Waals surface area contributed by atoms with Crippen molar-refractivity contribution in [2.75, 3.05) is 19.6 Å². The van der Waals surface area contributed by atoms with Crippen molar-refractivity contribution in [3.8, 4) is 33.4 Å². The van der Waals surface area contributed by atoms with E-state index in [1.54, 1.807) is 0 Å². The zero-order valence-electron chi connectivity index (χ0n) is 50.1. The summed E-state index contributed by atoms with van der Waals surface area (Å²) in [5.41, 5.74) is 28.4. The molecule has 0 unspecified atom stereocenters. The molecule has 14 aromatic rings. The largest absolute Gasteiger partial charge is 0.311 e. The quantitative estimate of drug-likeness (QED) is 0.119. The Morgan fingerprint density at radius 3 is 1.35 bits per heavy atom. The molecule has 0 aromatic heterocycles. The van der Waals surface area contributed by atoms with Crippen LogP contribution in [0.25, 0.3) is 33.4 Å². The molecule has 0 saturated heterocycles. The Bertz CT molecular complexity index is 5100. The highest BCUT2D eigenvalue weighted by Gasteiger charge is 2.47. The number of para-hydroxylation sites is 6. The molecule has 4 heterocycles. The molecule has 430 valence electrons. The third-order valence-corrected chi connectivity index (χ3v) is 21.0. The summed E-state index contributed by atoms with van der Waals surface area (Å²) in [4.78, 5) is 15.1. The van der Waals surface area contributed by atoms with E-state index in [9.17, 15) is 0 Å². The molecule has 0 N–H and O–H groups in total. The molecular formula is C84H56B2N4S2. The molecular weight excluding hydrogens is 1150 g/mol. The molecule has 4 nitrogen and oxygen atoms in total. The molecule has 0 radical (unpaired) electrons. The SMILES string of the molecule is c1ccc(-c2ccc(N(c3cc4c5c(c3)N(c3ccccc3-c3ccccc3)c3cc6c(cc3B5c3ccccc3S4)B3c4ccccc4N(c4ccccc4)c4cc(N(c5ccccc5)c5ccccc5)cc(c43)S6)c3ccccc3-c3ccccc3)cc2)cc1. The van der Waals surface area contributed by atoms with E-state index in [0.29, 0.717) is 0 Å². The maximum absolute atomic E-state index is 2.64. The van der Waals surface area contributed by atoms with E-state index in [0.717, 1.165) is 73.4 Å². The Labute approximate surface area is 546 Å². The van der Waals surface area contributed by atoms with E-state index in [2.05, 4.69) is 359 Å². The second-order valence-electron chi connectivity index (χ2n) is 23.9. The number of anilines is 12. The number of rotatable bonds is 11. The van der Waals surface area contributed by atoms with Gasteiger partial charge in [-0.05, 0) is 147 Å². The minimum atomic E-state index is -0.0830. The zero-order chi connectivity index (χ0) is 60.6. The van der Waals surface area contributed by atoms with Crippen molar-refractivity contribution >= 4 is 138 Å². The molecule has 0 atom stereocenters. The molecule has 8 heteroatoms. The van der Waals surface area contributed by atoms with E-state index in [4.69, 9.17) is 0 Å². The standard InChI is InChI=1S/C84H56B2N4S2/c1-7-27-57(28-8-1)58-47-49-64(50-48-58)88(73-43-23-19-39-67(73)59-29-9-2-10-30-59)66-52-78-84-81(54-66)91-79-46-26-22-42-70(79)86(84)71-55-72-80(56-76(71)90(78)74-44-24-20-40-68(74)60-31-11-3-12-32-60)92-82-53-65(87(61-33-13-4-14-34-61)62-35-15-5-16-36-62)51-77-83(82)85(72)69-41-21-25-45-75(69)89(77)63-37-17-6-18-38-63/h1-56H. The van der Waals surface area contributed by atoms with E-state index >= 15 is 0 Å². The van der Waals surface area contributed by atoms with Gasteiger partial charge in [0.2, 0.25) is 13.4 Å².